The van der Waals surface area contributed by atoms with Crippen LogP contribution in [0.4, 0.5) is 0 Å². The summed E-state index contributed by atoms with van der Waals surface area (Å²) >= 11 is 0. The van der Waals surface area contributed by atoms with Gasteiger partial charge in [-0.25, -0.2) is 0 Å². The molecule has 3 saturated carbocycles. The molecule has 1 heterocycles. The normalized spacial score (nSPS) is 60.0. The van der Waals surface area contributed by atoms with Crippen LogP contribution in [0.25, 0.3) is 0 Å². The van der Waals surface area contributed by atoms with Gasteiger partial charge in [-0.15, -0.1) is 0 Å². The smallest absolute Gasteiger partial charge is 0.105 e. The minimum atomic E-state index is -0.290. The van der Waals surface area contributed by atoms with Crippen LogP contribution < -0.4 is 5.32 Å². The van der Waals surface area contributed by atoms with Gasteiger partial charge in [-0.1, -0.05) is 13.8 Å². The maximum atomic E-state index is 10.5. The van der Waals surface area contributed by atoms with Crippen LogP contribution >= 0.6 is 0 Å². The second-order valence-electron chi connectivity index (χ2n) is 8.87. The van der Waals surface area contributed by atoms with Crippen molar-refractivity contribution >= 4 is 0 Å². The van der Waals surface area contributed by atoms with Gasteiger partial charge in [-0.05, 0) is 80.0 Å². The Morgan fingerprint density at radius 1 is 0.810 bits per heavy atom. The summed E-state index contributed by atoms with van der Waals surface area (Å²) in [4.78, 5) is 0. The zero-order chi connectivity index (χ0) is 14.8. The highest BCUT2D eigenvalue weighted by Gasteiger charge is 2.60. The highest BCUT2D eigenvalue weighted by molar-refractivity contribution is 5.10. The molecular formula is C18H31NO2. The maximum Gasteiger partial charge on any atom is 0.105 e. The van der Waals surface area contributed by atoms with E-state index in [0.29, 0.717) is 11.5 Å². The summed E-state index contributed by atoms with van der Waals surface area (Å²) in [5.74, 6) is 2.33. The van der Waals surface area contributed by atoms with Gasteiger partial charge < -0.3 is 10.2 Å². The summed E-state index contributed by atoms with van der Waals surface area (Å²) in [5.41, 5.74) is 0.545. The van der Waals surface area contributed by atoms with Crippen molar-refractivity contribution in [3.8, 4) is 0 Å². The molecule has 4 rings (SSSR count). The molecule has 0 aromatic carbocycles. The Morgan fingerprint density at radius 3 is 2.33 bits per heavy atom. The first-order chi connectivity index (χ1) is 9.95. The Labute approximate surface area is 128 Å². The molecule has 1 aliphatic heterocycles. The fourth-order valence-electron chi connectivity index (χ4n) is 6.83. The van der Waals surface area contributed by atoms with E-state index in [2.05, 4.69) is 19.2 Å². The molecule has 21 heavy (non-hydrogen) atoms. The van der Waals surface area contributed by atoms with E-state index < -0.39 is 0 Å². The third-order valence-corrected chi connectivity index (χ3v) is 8.17. The lowest BCUT2D eigenvalue weighted by molar-refractivity contribution is -0.123. The van der Waals surface area contributed by atoms with Gasteiger partial charge in [-0.2, -0.15) is 0 Å². The molecule has 120 valence electrons. The number of fused-ring (bicyclic) bond motifs is 5. The van der Waals surface area contributed by atoms with E-state index in [1.54, 1.807) is 0 Å². The number of hydrogen-bond donors (Lipinski definition) is 3. The van der Waals surface area contributed by atoms with Gasteiger partial charge in [0.25, 0.3) is 0 Å². The lowest BCUT2D eigenvalue weighted by atomic mass is 9.47. The molecule has 1 saturated heterocycles. The average molecular weight is 293 g/mol. The molecule has 4 aliphatic rings. The van der Waals surface area contributed by atoms with E-state index in [4.69, 9.17) is 0 Å². The number of aliphatic hydroxyl groups is 2. The van der Waals surface area contributed by atoms with Crippen molar-refractivity contribution in [2.75, 3.05) is 0 Å². The SMILES string of the molecule is C[C@]12CC[C@@H](O)N[C@H]1CC[C@@H]1[C@@H]2CC[C@]2(C)[C@@H](O)CC[C@@H]12. The van der Waals surface area contributed by atoms with Gasteiger partial charge in [-0.3, -0.25) is 5.32 Å². The first kappa shape index (κ1) is 14.5. The Kier molecular flexibility index (Phi) is 3.23. The Bertz CT molecular complexity index is 427. The van der Waals surface area contributed by atoms with Gasteiger partial charge in [0.1, 0.15) is 6.23 Å². The fourth-order valence-corrected chi connectivity index (χ4v) is 6.83. The van der Waals surface area contributed by atoms with Gasteiger partial charge in [0.2, 0.25) is 0 Å². The molecule has 0 aromatic heterocycles. The molecule has 0 bridgehead atoms. The highest BCUT2D eigenvalue weighted by atomic mass is 16.3. The number of aliphatic hydroxyl groups excluding tert-OH is 2. The Balaban J connectivity index is 1.62. The van der Waals surface area contributed by atoms with Crippen LogP contribution in [-0.2, 0) is 0 Å². The maximum absolute atomic E-state index is 10.5. The van der Waals surface area contributed by atoms with Crippen molar-refractivity contribution in [1.82, 2.24) is 5.32 Å². The van der Waals surface area contributed by atoms with Crippen LogP contribution in [0, 0.1) is 28.6 Å². The number of rotatable bonds is 0. The van der Waals surface area contributed by atoms with Crippen molar-refractivity contribution in [2.24, 2.45) is 28.6 Å². The second kappa shape index (κ2) is 4.69. The quantitative estimate of drug-likeness (QED) is 0.643. The van der Waals surface area contributed by atoms with Crippen molar-refractivity contribution < 1.29 is 10.2 Å². The van der Waals surface area contributed by atoms with Crippen molar-refractivity contribution in [1.29, 1.82) is 0 Å². The first-order valence-corrected chi connectivity index (χ1v) is 9.07. The van der Waals surface area contributed by atoms with Crippen molar-refractivity contribution in [3.63, 3.8) is 0 Å². The van der Waals surface area contributed by atoms with E-state index in [-0.39, 0.29) is 17.7 Å². The standard InChI is InChI=1S/C18H31NO2/c1-17-10-8-16(21)19-14(17)5-3-11-12-4-6-15(20)18(12,2)9-7-13(11)17/h11-16,19-21H,3-10H2,1-2H3/t11-,12-,13-,14-,15-,16+,17+,18-/m0/s1. The minimum Gasteiger partial charge on any atom is -0.393 e. The third kappa shape index (κ3) is 1.90. The van der Waals surface area contributed by atoms with Crippen LogP contribution in [0.2, 0.25) is 0 Å². The summed E-state index contributed by atoms with van der Waals surface area (Å²) < 4.78 is 0. The van der Waals surface area contributed by atoms with E-state index >= 15 is 0 Å². The lowest BCUT2D eigenvalue weighted by Crippen LogP contribution is -2.62. The molecule has 0 radical (unpaired) electrons. The van der Waals surface area contributed by atoms with Crippen LogP contribution in [-0.4, -0.2) is 28.6 Å². The highest BCUT2D eigenvalue weighted by Crippen LogP contribution is 2.64. The number of piperidine rings is 1. The van der Waals surface area contributed by atoms with Gasteiger partial charge in [0, 0.05) is 6.04 Å². The predicted octanol–water partition coefficient (Wildman–Crippen LogP) is 2.66. The van der Waals surface area contributed by atoms with E-state index in [0.717, 1.165) is 30.6 Å². The lowest BCUT2D eigenvalue weighted by Gasteiger charge is -2.60. The Morgan fingerprint density at radius 2 is 1.52 bits per heavy atom. The predicted molar refractivity (Wildman–Crippen MR) is 82.6 cm³/mol. The largest absolute Gasteiger partial charge is 0.393 e. The fraction of sp³-hybridized carbons (Fsp3) is 1.00. The monoisotopic (exact) mass is 293 g/mol. The topological polar surface area (TPSA) is 52.5 Å². The van der Waals surface area contributed by atoms with E-state index in [9.17, 15) is 10.2 Å². The molecule has 4 fully saturated rings. The molecule has 0 aromatic rings. The van der Waals surface area contributed by atoms with E-state index in [1.807, 2.05) is 0 Å². The van der Waals surface area contributed by atoms with Gasteiger partial charge in [0.15, 0.2) is 0 Å². The molecule has 3 nitrogen and oxygen atoms in total. The van der Waals surface area contributed by atoms with E-state index in [1.165, 1.54) is 38.5 Å². The molecule has 8 atom stereocenters. The zero-order valence-corrected chi connectivity index (χ0v) is 13.5. The molecule has 3 heteroatoms. The van der Waals surface area contributed by atoms with Crippen molar-refractivity contribution in [2.45, 2.75) is 83.6 Å². The molecular weight excluding hydrogens is 262 g/mol. The number of hydrogen-bond acceptors (Lipinski definition) is 3. The average Bonchev–Trinajstić information content (AvgIpc) is 2.76. The van der Waals surface area contributed by atoms with Gasteiger partial charge >= 0.3 is 0 Å². The molecule has 0 amide bonds. The molecule has 0 unspecified atom stereocenters. The van der Waals surface area contributed by atoms with Crippen LogP contribution in [0.1, 0.15) is 65.2 Å². The van der Waals surface area contributed by atoms with Crippen molar-refractivity contribution in [3.05, 3.63) is 0 Å². The summed E-state index contributed by atoms with van der Waals surface area (Å²) in [6.07, 6.45) is 8.93. The third-order valence-electron chi connectivity index (χ3n) is 8.17. The minimum absolute atomic E-state index is 0.0692. The second-order valence-corrected chi connectivity index (χ2v) is 8.87. The summed E-state index contributed by atoms with van der Waals surface area (Å²) in [6, 6.07) is 0.498. The van der Waals surface area contributed by atoms with Crippen LogP contribution in [0.15, 0.2) is 0 Å². The first-order valence-electron chi connectivity index (χ1n) is 9.07. The zero-order valence-electron chi connectivity index (χ0n) is 13.5. The molecule has 3 N–H and O–H groups in total. The van der Waals surface area contributed by atoms with Crippen LogP contribution in [0.3, 0.4) is 0 Å². The summed E-state index contributed by atoms with van der Waals surface area (Å²) in [7, 11) is 0. The summed E-state index contributed by atoms with van der Waals surface area (Å²) in [6.45, 7) is 4.82. The molecule has 0 spiro atoms. The van der Waals surface area contributed by atoms with Crippen LogP contribution in [0.5, 0.6) is 0 Å². The molecule has 3 aliphatic carbocycles. The number of nitrogens with one attached hydrogen (secondary N) is 1. The Hall–Kier alpha value is -0.120. The summed E-state index contributed by atoms with van der Waals surface area (Å²) in [5, 5.41) is 23.9. The van der Waals surface area contributed by atoms with Gasteiger partial charge in [0.05, 0.1) is 6.10 Å².